The van der Waals surface area contributed by atoms with Crippen molar-refractivity contribution in [1.29, 1.82) is 0 Å². The van der Waals surface area contributed by atoms with Gasteiger partial charge in [-0.15, -0.1) is 10.2 Å². The molecule has 1 N–H and O–H groups in total. The number of ether oxygens (including phenoxy) is 2. The number of amides is 1. The molecule has 0 unspecified atom stereocenters. The maximum atomic E-state index is 12.3. The molecule has 0 radical (unpaired) electrons. The standard InChI is InChI=1S/C23H21ClN4O3/c1-3-30-18-7-5-17(6-8-18)28-26-21-11-4-16(13-22(21)27-28)25-23(29)14-31-19-9-10-20(24)15(2)12-19/h4-13H,3,14H2,1-2H3,(H,25,29). The maximum absolute atomic E-state index is 12.3. The number of aryl methyl sites for hydroxylation is 1. The summed E-state index contributed by atoms with van der Waals surface area (Å²) >= 11 is 6.01. The molecule has 0 aliphatic heterocycles. The van der Waals surface area contributed by atoms with Crippen LogP contribution in [0.5, 0.6) is 11.5 Å². The van der Waals surface area contributed by atoms with Crippen molar-refractivity contribution in [3.05, 3.63) is 71.2 Å². The SMILES string of the molecule is CCOc1ccc(-n2nc3ccc(NC(=O)COc4ccc(Cl)c(C)c4)cc3n2)cc1. The van der Waals surface area contributed by atoms with Gasteiger partial charge in [-0.1, -0.05) is 11.6 Å². The third-order valence-electron chi connectivity index (χ3n) is 4.54. The lowest BCUT2D eigenvalue weighted by Gasteiger charge is -2.08. The van der Waals surface area contributed by atoms with Crippen LogP contribution in [-0.4, -0.2) is 34.1 Å². The number of nitrogens with zero attached hydrogens (tertiary/aromatic N) is 3. The van der Waals surface area contributed by atoms with Gasteiger partial charge in [0.1, 0.15) is 22.5 Å². The summed E-state index contributed by atoms with van der Waals surface area (Å²) in [6.07, 6.45) is 0. The van der Waals surface area contributed by atoms with Crippen LogP contribution in [0, 0.1) is 6.92 Å². The van der Waals surface area contributed by atoms with Gasteiger partial charge in [-0.2, -0.15) is 4.80 Å². The van der Waals surface area contributed by atoms with Gasteiger partial charge in [-0.25, -0.2) is 0 Å². The topological polar surface area (TPSA) is 78.3 Å². The summed E-state index contributed by atoms with van der Waals surface area (Å²) in [7, 11) is 0. The van der Waals surface area contributed by atoms with Gasteiger partial charge in [0.25, 0.3) is 5.91 Å². The zero-order valence-electron chi connectivity index (χ0n) is 17.1. The summed E-state index contributed by atoms with van der Waals surface area (Å²) in [5.41, 5.74) is 3.71. The molecule has 4 rings (SSSR count). The van der Waals surface area contributed by atoms with Crippen molar-refractivity contribution in [3.63, 3.8) is 0 Å². The van der Waals surface area contributed by atoms with E-state index in [0.29, 0.717) is 28.6 Å². The molecule has 1 amide bonds. The van der Waals surface area contributed by atoms with Crippen molar-refractivity contribution in [2.24, 2.45) is 0 Å². The third-order valence-corrected chi connectivity index (χ3v) is 4.97. The Hall–Kier alpha value is -3.58. The molecule has 0 fully saturated rings. The first-order valence-electron chi connectivity index (χ1n) is 9.81. The van der Waals surface area contributed by atoms with E-state index in [0.717, 1.165) is 22.5 Å². The Kier molecular flexibility index (Phi) is 6.04. The van der Waals surface area contributed by atoms with E-state index in [1.54, 1.807) is 35.1 Å². The van der Waals surface area contributed by atoms with Crippen LogP contribution in [0.3, 0.4) is 0 Å². The molecule has 4 aromatic rings. The van der Waals surface area contributed by atoms with E-state index in [1.807, 2.05) is 44.2 Å². The first-order valence-corrected chi connectivity index (χ1v) is 10.2. The Morgan fingerprint density at radius 1 is 0.968 bits per heavy atom. The van der Waals surface area contributed by atoms with E-state index in [9.17, 15) is 4.79 Å². The minimum atomic E-state index is -0.272. The molecular formula is C23H21ClN4O3. The number of aromatic nitrogens is 3. The van der Waals surface area contributed by atoms with Gasteiger partial charge in [-0.05, 0) is 80.1 Å². The smallest absolute Gasteiger partial charge is 0.262 e. The molecule has 3 aromatic carbocycles. The monoisotopic (exact) mass is 436 g/mol. The summed E-state index contributed by atoms with van der Waals surface area (Å²) in [5.74, 6) is 1.11. The van der Waals surface area contributed by atoms with Crippen LogP contribution in [0.2, 0.25) is 5.02 Å². The quantitative estimate of drug-likeness (QED) is 0.450. The fraction of sp³-hybridized carbons (Fsp3) is 0.174. The predicted molar refractivity (Wildman–Crippen MR) is 120 cm³/mol. The van der Waals surface area contributed by atoms with Gasteiger partial charge >= 0.3 is 0 Å². The van der Waals surface area contributed by atoms with E-state index in [1.165, 1.54) is 0 Å². The molecule has 0 aliphatic carbocycles. The van der Waals surface area contributed by atoms with Crippen LogP contribution >= 0.6 is 11.6 Å². The van der Waals surface area contributed by atoms with Crippen molar-refractivity contribution in [3.8, 4) is 17.2 Å². The van der Waals surface area contributed by atoms with Gasteiger partial charge in [0.2, 0.25) is 0 Å². The normalized spacial score (nSPS) is 10.8. The number of fused-ring (bicyclic) bond motifs is 1. The lowest BCUT2D eigenvalue weighted by Crippen LogP contribution is -2.20. The molecule has 1 heterocycles. The summed E-state index contributed by atoms with van der Waals surface area (Å²) in [4.78, 5) is 13.8. The van der Waals surface area contributed by atoms with Crippen LogP contribution < -0.4 is 14.8 Å². The molecule has 0 saturated carbocycles. The second kappa shape index (κ2) is 9.06. The second-order valence-corrected chi connectivity index (χ2v) is 7.27. The highest BCUT2D eigenvalue weighted by atomic mass is 35.5. The number of hydrogen-bond acceptors (Lipinski definition) is 5. The van der Waals surface area contributed by atoms with Crippen LogP contribution in [0.4, 0.5) is 5.69 Å². The lowest BCUT2D eigenvalue weighted by atomic mass is 10.2. The van der Waals surface area contributed by atoms with Crippen LogP contribution in [0.1, 0.15) is 12.5 Å². The van der Waals surface area contributed by atoms with Gasteiger partial charge in [0.15, 0.2) is 6.61 Å². The average Bonchev–Trinajstić information content (AvgIpc) is 3.19. The Labute approximate surface area is 184 Å². The summed E-state index contributed by atoms with van der Waals surface area (Å²) in [6.45, 7) is 4.32. The first-order chi connectivity index (χ1) is 15.0. The van der Waals surface area contributed by atoms with Gasteiger partial charge in [-0.3, -0.25) is 4.79 Å². The zero-order chi connectivity index (χ0) is 21.8. The molecule has 8 heteroatoms. The molecule has 0 atom stereocenters. The number of carbonyl (C=O) groups is 1. The number of hydrogen-bond donors (Lipinski definition) is 1. The number of anilines is 1. The summed E-state index contributed by atoms with van der Waals surface area (Å²) in [5, 5.41) is 12.5. The largest absolute Gasteiger partial charge is 0.494 e. The highest BCUT2D eigenvalue weighted by molar-refractivity contribution is 6.31. The minimum Gasteiger partial charge on any atom is -0.494 e. The third kappa shape index (κ3) is 4.95. The molecule has 158 valence electrons. The van der Waals surface area contributed by atoms with E-state index >= 15 is 0 Å². The Morgan fingerprint density at radius 3 is 2.45 bits per heavy atom. The van der Waals surface area contributed by atoms with Crippen molar-refractivity contribution in [1.82, 2.24) is 15.0 Å². The summed E-state index contributed by atoms with van der Waals surface area (Å²) in [6, 6.07) is 18.2. The highest BCUT2D eigenvalue weighted by Crippen LogP contribution is 2.22. The molecular weight excluding hydrogens is 416 g/mol. The van der Waals surface area contributed by atoms with Crippen LogP contribution in [0.15, 0.2) is 60.7 Å². The van der Waals surface area contributed by atoms with Gasteiger partial charge in [0.05, 0.1) is 12.3 Å². The fourth-order valence-corrected chi connectivity index (χ4v) is 3.12. The molecule has 0 aliphatic rings. The lowest BCUT2D eigenvalue weighted by molar-refractivity contribution is -0.118. The number of halogens is 1. The number of nitrogens with one attached hydrogen (secondary N) is 1. The summed E-state index contributed by atoms with van der Waals surface area (Å²) < 4.78 is 11.0. The molecule has 31 heavy (non-hydrogen) atoms. The Morgan fingerprint density at radius 2 is 1.71 bits per heavy atom. The maximum Gasteiger partial charge on any atom is 0.262 e. The highest BCUT2D eigenvalue weighted by Gasteiger charge is 2.09. The van der Waals surface area contributed by atoms with E-state index < -0.39 is 0 Å². The molecule has 7 nitrogen and oxygen atoms in total. The van der Waals surface area contributed by atoms with Crippen molar-refractivity contribution < 1.29 is 14.3 Å². The van der Waals surface area contributed by atoms with Gasteiger partial charge in [0, 0.05) is 10.7 Å². The molecule has 0 saturated heterocycles. The molecule has 0 bridgehead atoms. The number of carbonyl (C=O) groups excluding carboxylic acids is 1. The molecule has 1 aromatic heterocycles. The van der Waals surface area contributed by atoms with E-state index in [4.69, 9.17) is 21.1 Å². The van der Waals surface area contributed by atoms with Crippen molar-refractivity contribution in [2.45, 2.75) is 13.8 Å². The van der Waals surface area contributed by atoms with Crippen LogP contribution in [-0.2, 0) is 4.79 Å². The fourth-order valence-electron chi connectivity index (χ4n) is 3.00. The average molecular weight is 437 g/mol. The number of benzene rings is 3. The Balaban J connectivity index is 1.42. The van der Waals surface area contributed by atoms with E-state index in [-0.39, 0.29) is 12.5 Å². The first kappa shape index (κ1) is 20.7. The minimum absolute atomic E-state index is 0.113. The molecule has 0 spiro atoms. The zero-order valence-corrected chi connectivity index (χ0v) is 17.9. The number of rotatable bonds is 7. The van der Waals surface area contributed by atoms with Crippen molar-refractivity contribution in [2.75, 3.05) is 18.5 Å². The van der Waals surface area contributed by atoms with E-state index in [2.05, 4.69) is 15.5 Å². The second-order valence-electron chi connectivity index (χ2n) is 6.87. The van der Waals surface area contributed by atoms with Crippen molar-refractivity contribution >= 4 is 34.2 Å². The van der Waals surface area contributed by atoms with Gasteiger partial charge < -0.3 is 14.8 Å². The Bertz CT molecular complexity index is 1220. The van der Waals surface area contributed by atoms with Crippen LogP contribution in [0.25, 0.3) is 16.7 Å². The predicted octanol–water partition coefficient (Wildman–Crippen LogP) is 4.80.